The van der Waals surface area contributed by atoms with E-state index >= 15 is 0 Å². The summed E-state index contributed by atoms with van der Waals surface area (Å²) in [5, 5.41) is 20.0. The van der Waals surface area contributed by atoms with Crippen LogP contribution in [-0.4, -0.2) is 21.4 Å². The van der Waals surface area contributed by atoms with Gasteiger partial charge in [0.1, 0.15) is 6.10 Å². The van der Waals surface area contributed by atoms with Gasteiger partial charge in [-0.15, -0.1) is 11.3 Å². The summed E-state index contributed by atoms with van der Waals surface area (Å²) >= 11 is 1.59. The minimum atomic E-state index is -0.429. The van der Waals surface area contributed by atoms with E-state index in [1.54, 1.807) is 11.3 Å². The van der Waals surface area contributed by atoms with Crippen molar-refractivity contribution in [2.75, 3.05) is 6.54 Å². The Hall–Kier alpha value is -1.17. The fourth-order valence-electron chi connectivity index (χ4n) is 2.51. The molecule has 5 heteroatoms. The Morgan fingerprint density at radius 1 is 1.40 bits per heavy atom. The molecule has 4 nitrogen and oxygen atoms in total. The maximum Gasteiger partial charge on any atom is 0.101 e. The highest BCUT2D eigenvalue weighted by Gasteiger charge is 2.14. The smallest absolute Gasteiger partial charge is 0.101 e. The van der Waals surface area contributed by atoms with E-state index in [0.29, 0.717) is 6.54 Å². The van der Waals surface area contributed by atoms with E-state index in [9.17, 15) is 5.11 Å². The van der Waals surface area contributed by atoms with Gasteiger partial charge in [-0.25, -0.2) is 0 Å². The minimum absolute atomic E-state index is 0.429. The number of aliphatic hydroxyl groups is 1. The molecule has 0 unspecified atom stereocenters. The van der Waals surface area contributed by atoms with Crippen molar-refractivity contribution in [3.05, 3.63) is 39.3 Å². The standard InChI is InChI=1S/C15H23N3OS/c1-4-12-11(13(5-2)18(3)17-12)9-16-10-14(19)15-7-6-8-20-15/h6-8,14,16,19H,4-5,9-10H2,1-3H3/t14-/m1/s1. The van der Waals surface area contributed by atoms with Crippen molar-refractivity contribution in [2.24, 2.45) is 7.05 Å². The molecule has 1 atom stereocenters. The highest BCUT2D eigenvalue weighted by Crippen LogP contribution is 2.19. The van der Waals surface area contributed by atoms with Gasteiger partial charge in [0.25, 0.3) is 0 Å². The predicted molar refractivity (Wildman–Crippen MR) is 82.9 cm³/mol. The second-order valence-electron chi connectivity index (χ2n) is 4.86. The largest absolute Gasteiger partial charge is 0.386 e. The van der Waals surface area contributed by atoms with Gasteiger partial charge in [0, 0.05) is 36.3 Å². The molecule has 0 aliphatic carbocycles. The van der Waals surface area contributed by atoms with Gasteiger partial charge in [0.05, 0.1) is 5.69 Å². The molecule has 20 heavy (non-hydrogen) atoms. The lowest BCUT2D eigenvalue weighted by Gasteiger charge is -2.11. The summed E-state index contributed by atoms with van der Waals surface area (Å²) in [5.74, 6) is 0. The van der Waals surface area contributed by atoms with Crippen LogP contribution in [0.2, 0.25) is 0 Å². The van der Waals surface area contributed by atoms with Gasteiger partial charge in [-0.1, -0.05) is 19.9 Å². The molecular weight excluding hydrogens is 270 g/mol. The topological polar surface area (TPSA) is 50.1 Å². The van der Waals surface area contributed by atoms with E-state index in [4.69, 9.17) is 0 Å². The van der Waals surface area contributed by atoms with Crippen LogP contribution in [0.5, 0.6) is 0 Å². The molecule has 2 rings (SSSR count). The van der Waals surface area contributed by atoms with Crippen LogP contribution in [0.25, 0.3) is 0 Å². The van der Waals surface area contributed by atoms with Crippen molar-refractivity contribution in [3.63, 3.8) is 0 Å². The van der Waals surface area contributed by atoms with Crippen molar-refractivity contribution in [1.82, 2.24) is 15.1 Å². The van der Waals surface area contributed by atoms with Gasteiger partial charge in [0.15, 0.2) is 0 Å². The van der Waals surface area contributed by atoms with Crippen LogP contribution in [0.4, 0.5) is 0 Å². The zero-order valence-electron chi connectivity index (χ0n) is 12.4. The third-order valence-electron chi connectivity index (χ3n) is 3.54. The maximum absolute atomic E-state index is 10.1. The highest BCUT2D eigenvalue weighted by molar-refractivity contribution is 7.10. The van der Waals surface area contributed by atoms with Crippen LogP contribution in [-0.2, 0) is 26.4 Å². The number of aromatic nitrogens is 2. The third kappa shape index (κ3) is 3.29. The summed E-state index contributed by atoms with van der Waals surface area (Å²) in [5.41, 5.74) is 3.72. The molecule has 0 amide bonds. The van der Waals surface area contributed by atoms with E-state index in [2.05, 4.69) is 24.3 Å². The zero-order valence-corrected chi connectivity index (χ0v) is 13.2. The molecule has 0 spiro atoms. The van der Waals surface area contributed by atoms with Gasteiger partial charge in [-0.05, 0) is 24.3 Å². The summed E-state index contributed by atoms with van der Waals surface area (Å²) in [6, 6.07) is 3.94. The quantitative estimate of drug-likeness (QED) is 0.824. The summed E-state index contributed by atoms with van der Waals surface area (Å²) in [4.78, 5) is 1.01. The molecule has 2 N–H and O–H groups in total. The first kappa shape index (κ1) is 15.2. The second-order valence-corrected chi connectivity index (χ2v) is 5.84. The molecule has 0 saturated carbocycles. The summed E-state index contributed by atoms with van der Waals surface area (Å²) in [6.07, 6.45) is 1.49. The second kappa shape index (κ2) is 7.02. The molecule has 0 aliphatic heterocycles. The summed E-state index contributed by atoms with van der Waals surface area (Å²) < 4.78 is 1.98. The molecule has 0 aliphatic rings. The van der Waals surface area contributed by atoms with Gasteiger partial charge >= 0.3 is 0 Å². The molecule has 2 heterocycles. The average molecular weight is 293 g/mol. The van der Waals surface area contributed by atoms with Crippen LogP contribution >= 0.6 is 11.3 Å². The van der Waals surface area contributed by atoms with E-state index in [0.717, 1.165) is 30.0 Å². The molecule has 0 bridgehead atoms. The lowest BCUT2D eigenvalue weighted by molar-refractivity contribution is 0.178. The Bertz CT molecular complexity index is 534. The number of aliphatic hydroxyl groups excluding tert-OH is 1. The van der Waals surface area contributed by atoms with Crippen molar-refractivity contribution >= 4 is 11.3 Å². The molecular formula is C15H23N3OS. The Balaban J connectivity index is 1.97. The summed E-state index contributed by atoms with van der Waals surface area (Å²) in [7, 11) is 2.00. The molecule has 110 valence electrons. The van der Waals surface area contributed by atoms with Crippen LogP contribution in [0, 0.1) is 0 Å². The first-order chi connectivity index (χ1) is 9.67. The molecule has 0 aromatic carbocycles. The zero-order chi connectivity index (χ0) is 14.5. The lowest BCUT2D eigenvalue weighted by Crippen LogP contribution is -2.21. The van der Waals surface area contributed by atoms with Gasteiger partial charge in [-0.3, -0.25) is 4.68 Å². The van der Waals surface area contributed by atoms with Crippen molar-refractivity contribution < 1.29 is 5.11 Å². The first-order valence-electron chi connectivity index (χ1n) is 7.13. The Morgan fingerprint density at radius 2 is 2.20 bits per heavy atom. The molecule has 2 aromatic rings. The van der Waals surface area contributed by atoms with Crippen LogP contribution < -0.4 is 5.32 Å². The first-order valence-corrected chi connectivity index (χ1v) is 8.01. The van der Waals surface area contributed by atoms with E-state index in [-0.39, 0.29) is 0 Å². The predicted octanol–water partition coefficient (Wildman–Crippen LogP) is 2.43. The lowest BCUT2D eigenvalue weighted by atomic mass is 10.1. The average Bonchev–Trinajstić information content (AvgIpc) is 3.06. The fourth-order valence-corrected chi connectivity index (χ4v) is 3.22. The normalized spacial score (nSPS) is 12.8. The number of hydrogen-bond donors (Lipinski definition) is 2. The monoisotopic (exact) mass is 293 g/mol. The molecule has 0 radical (unpaired) electrons. The van der Waals surface area contributed by atoms with Crippen molar-refractivity contribution in [3.8, 4) is 0 Å². The molecule has 0 saturated heterocycles. The Morgan fingerprint density at radius 3 is 2.80 bits per heavy atom. The SMILES string of the molecule is CCc1nn(C)c(CC)c1CNC[C@@H](O)c1cccs1. The fraction of sp³-hybridized carbons (Fsp3) is 0.533. The number of thiophene rings is 1. The van der Waals surface area contributed by atoms with Crippen LogP contribution in [0.1, 0.15) is 41.8 Å². The van der Waals surface area contributed by atoms with E-state index in [1.807, 2.05) is 29.2 Å². The number of nitrogens with zero attached hydrogens (tertiary/aromatic N) is 2. The third-order valence-corrected chi connectivity index (χ3v) is 4.51. The number of nitrogens with one attached hydrogen (secondary N) is 1. The van der Waals surface area contributed by atoms with Crippen molar-refractivity contribution in [2.45, 2.75) is 39.3 Å². The molecule has 2 aromatic heterocycles. The van der Waals surface area contributed by atoms with Crippen LogP contribution in [0.3, 0.4) is 0 Å². The Kier molecular flexibility index (Phi) is 5.34. The number of hydrogen-bond acceptors (Lipinski definition) is 4. The Labute approximate surface area is 124 Å². The van der Waals surface area contributed by atoms with Gasteiger partial charge < -0.3 is 10.4 Å². The van der Waals surface area contributed by atoms with E-state index < -0.39 is 6.10 Å². The van der Waals surface area contributed by atoms with Crippen LogP contribution in [0.15, 0.2) is 17.5 Å². The van der Waals surface area contributed by atoms with Gasteiger partial charge in [-0.2, -0.15) is 5.10 Å². The highest BCUT2D eigenvalue weighted by atomic mass is 32.1. The number of aryl methyl sites for hydroxylation is 2. The minimum Gasteiger partial charge on any atom is -0.386 e. The molecule has 0 fully saturated rings. The maximum atomic E-state index is 10.1. The van der Waals surface area contributed by atoms with E-state index in [1.165, 1.54) is 11.3 Å². The van der Waals surface area contributed by atoms with Gasteiger partial charge in [0.2, 0.25) is 0 Å². The van der Waals surface area contributed by atoms with Crippen molar-refractivity contribution in [1.29, 1.82) is 0 Å². The summed E-state index contributed by atoms with van der Waals surface area (Å²) in [6.45, 7) is 5.62. The number of rotatable bonds is 7.